The highest BCUT2D eigenvalue weighted by atomic mass is 35.5. The van der Waals surface area contributed by atoms with Gasteiger partial charge in [0.2, 0.25) is 11.8 Å². The molecule has 4 nitrogen and oxygen atoms in total. The van der Waals surface area contributed by atoms with E-state index < -0.39 is 5.38 Å². The molecule has 0 bridgehead atoms. The first-order valence-corrected chi connectivity index (χ1v) is 6.37. The van der Waals surface area contributed by atoms with Crippen LogP contribution in [0.3, 0.4) is 0 Å². The summed E-state index contributed by atoms with van der Waals surface area (Å²) in [4.78, 5) is 24.9. The van der Waals surface area contributed by atoms with Gasteiger partial charge < -0.3 is 10.2 Å². The summed E-state index contributed by atoms with van der Waals surface area (Å²) >= 11 is 5.69. The number of anilines is 2. The molecule has 0 saturated carbocycles. The molecule has 1 unspecified atom stereocenters. The van der Waals surface area contributed by atoms with Gasteiger partial charge in [0.1, 0.15) is 5.38 Å². The van der Waals surface area contributed by atoms with Gasteiger partial charge in [-0.1, -0.05) is 6.07 Å². The average molecular weight is 267 g/mol. The molecule has 1 heterocycles. The number of carbonyl (C=O) groups is 2. The second kappa shape index (κ2) is 5.40. The monoisotopic (exact) mass is 266 g/mol. The SMILES string of the molecule is CC(Cl)C(=O)Nc1cccc(N2CCCC2=O)c1. The zero-order valence-corrected chi connectivity index (χ0v) is 10.9. The van der Waals surface area contributed by atoms with E-state index in [4.69, 9.17) is 11.6 Å². The fraction of sp³-hybridized carbons (Fsp3) is 0.385. The van der Waals surface area contributed by atoms with Crippen LogP contribution in [0.1, 0.15) is 19.8 Å². The fourth-order valence-corrected chi connectivity index (χ4v) is 1.97. The van der Waals surface area contributed by atoms with E-state index >= 15 is 0 Å². The van der Waals surface area contributed by atoms with E-state index in [9.17, 15) is 9.59 Å². The summed E-state index contributed by atoms with van der Waals surface area (Å²) < 4.78 is 0. The Hall–Kier alpha value is -1.55. The van der Waals surface area contributed by atoms with Crippen LogP contribution < -0.4 is 10.2 Å². The molecular formula is C13H15ClN2O2. The summed E-state index contributed by atoms with van der Waals surface area (Å²) in [5.41, 5.74) is 1.47. The highest BCUT2D eigenvalue weighted by Crippen LogP contribution is 2.24. The Bertz CT molecular complexity index is 474. The highest BCUT2D eigenvalue weighted by molar-refractivity contribution is 6.32. The van der Waals surface area contributed by atoms with Crippen LogP contribution in [0, 0.1) is 0 Å². The van der Waals surface area contributed by atoms with E-state index in [0.29, 0.717) is 12.1 Å². The van der Waals surface area contributed by atoms with Crippen LogP contribution in [0.15, 0.2) is 24.3 Å². The smallest absolute Gasteiger partial charge is 0.242 e. The van der Waals surface area contributed by atoms with Crippen molar-refractivity contribution in [1.29, 1.82) is 0 Å². The van der Waals surface area contributed by atoms with E-state index in [1.165, 1.54) is 0 Å². The van der Waals surface area contributed by atoms with Gasteiger partial charge >= 0.3 is 0 Å². The molecule has 96 valence electrons. The Morgan fingerprint density at radius 1 is 1.50 bits per heavy atom. The van der Waals surface area contributed by atoms with Crippen LogP contribution in [-0.2, 0) is 9.59 Å². The first-order valence-electron chi connectivity index (χ1n) is 5.93. The van der Waals surface area contributed by atoms with Gasteiger partial charge in [-0.25, -0.2) is 0 Å². The Morgan fingerprint density at radius 3 is 2.89 bits per heavy atom. The number of halogens is 1. The number of benzene rings is 1. The molecule has 0 spiro atoms. The summed E-state index contributed by atoms with van der Waals surface area (Å²) in [6.07, 6.45) is 1.48. The number of carbonyl (C=O) groups excluding carboxylic acids is 2. The molecule has 2 rings (SSSR count). The van der Waals surface area contributed by atoms with Gasteiger partial charge in [-0.3, -0.25) is 9.59 Å². The number of alkyl halides is 1. The number of nitrogens with one attached hydrogen (secondary N) is 1. The van der Waals surface area contributed by atoms with Gasteiger partial charge in [0.05, 0.1) is 0 Å². The van der Waals surface area contributed by atoms with E-state index in [1.807, 2.05) is 12.1 Å². The van der Waals surface area contributed by atoms with Crippen molar-refractivity contribution in [2.24, 2.45) is 0 Å². The maximum absolute atomic E-state index is 11.6. The molecule has 1 atom stereocenters. The zero-order chi connectivity index (χ0) is 13.1. The molecule has 1 saturated heterocycles. The molecule has 1 aromatic rings. The molecule has 1 aliphatic rings. The quantitative estimate of drug-likeness (QED) is 0.854. The third kappa shape index (κ3) is 2.82. The van der Waals surface area contributed by atoms with E-state index in [-0.39, 0.29) is 11.8 Å². The van der Waals surface area contributed by atoms with Gasteiger partial charge in [0.15, 0.2) is 0 Å². The molecule has 5 heteroatoms. The number of rotatable bonds is 3. The summed E-state index contributed by atoms with van der Waals surface area (Å²) in [6, 6.07) is 7.25. The summed E-state index contributed by atoms with van der Waals surface area (Å²) in [5, 5.41) is 2.13. The highest BCUT2D eigenvalue weighted by Gasteiger charge is 2.21. The minimum atomic E-state index is -0.581. The van der Waals surface area contributed by atoms with Crippen LogP contribution in [0.2, 0.25) is 0 Å². The van der Waals surface area contributed by atoms with Crippen molar-refractivity contribution >= 4 is 34.8 Å². The Balaban J connectivity index is 2.15. The topological polar surface area (TPSA) is 49.4 Å². The third-order valence-electron chi connectivity index (χ3n) is 2.86. The van der Waals surface area contributed by atoms with Crippen molar-refractivity contribution in [3.05, 3.63) is 24.3 Å². The first kappa shape index (κ1) is 12.9. The minimum Gasteiger partial charge on any atom is -0.325 e. The molecule has 1 aliphatic heterocycles. The van der Waals surface area contributed by atoms with Crippen LogP contribution >= 0.6 is 11.6 Å². The van der Waals surface area contributed by atoms with E-state index in [1.54, 1.807) is 24.0 Å². The van der Waals surface area contributed by atoms with Crippen molar-refractivity contribution in [2.75, 3.05) is 16.8 Å². The maximum Gasteiger partial charge on any atom is 0.242 e. The van der Waals surface area contributed by atoms with Crippen LogP contribution in [0.5, 0.6) is 0 Å². The van der Waals surface area contributed by atoms with Crippen molar-refractivity contribution < 1.29 is 9.59 Å². The second-order valence-electron chi connectivity index (χ2n) is 4.30. The predicted molar refractivity (Wildman–Crippen MR) is 72.0 cm³/mol. The Morgan fingerprint density at radius 2 is 2.28 bits per heavy atom. The molecule has 0 radical (unpaired) electrons. The van der Waals surface area contributed by atoms with E-state index in [2.05, 4.69) is 5.32 Å². The number of hydrogen-bond acceptors (Lipinski definition) is 2. The number of nitrogens with zero attached hydrogens (tertiary/aromatic N) is 1. The van der Waals surface area contributed by atoms with Crippen LogP contribution in [0.4, 0.5) is 11.4 Å². The Kier molecular flexibility index (Phi) is 3.87. The average Bonchev–Trinajstić information content (AvgIpc) is 2.75. The molecular weight excluding hydrogens is 252 g/mol. The predicted octanol–water partition coefficient (Wildman–Crippen LogP) is 2.38. The largest absolute Gasteiger partial charge is 0.325 e. The zero-order valence-electron chi connectivity index (χ0n) is 10.1. The van der Waals surface area contributed by atoms with Crippen molar-refractivity contribution in [2.45, 2.75) is 25.1 Å². The van der Waals surface area contributed by atoms with Crippen molar-refractivity contribution in [1.82, 2.24) is 0 Å². The van der Waals surface area contributed by atoms with Crippen LogP contribution in [0.25, 0.3) is 0 Å². The lowest BCUT2D eigenvalue weighted by atomic mass is 10.2. The lowest BCUT2D eigenvalue weighted by Gasteiger charge is -2.17. The van der Waals surface area contributed by atoms with Gasteiger partial charge in [-0.15, -0.1) is 11.6 Å². The van der Waals surface area contributed by atoms with Crippen molar-refractivity contribution in [3.8, 4) is 0 Å². The van der Waals surface area contributed by atoms with Gasteiger partial charge in [-0.05, 0) is 31.5 Å². The summed E-state index contributed by atoms with van der Waals surface area (Å²) in [5.74, 6) is -0.120. The third-order valence-corrected chi connectivity index (χ3v) is 3.06. The van der Waals surface area contributed by atoms with Crippen molar-refractivity contribution in [3.63, 3.8) is 0 Å². The molecule has 18 heavy (non-hydrogen) atoms. The molecule has 0 aliphatic carbocycles. The molecule has 0 aromatic heterocycles. The maximum atomic E-state index is 11.6. The number of hydrogen-bond donors (Lipinski definition) is 1. The fourth-order valence-electron chi connectivity index (χ4n) is 1.91. The van der Waals surface area contributed by atoms with Gasteiger partial charge in [0, 0.05) is 24.3 Å². The van der Waals surface area contributed by atoms with E-state index in [0.717, 1.165) is 18.7 Å². The van der Waals surface area contributed by atoms with Gasteiger partial charge in [0.25, 0.3) is 0 Å². The summed E-state index contributed by atoms with van der Waals surface area (Å²) in [6.45, 7) is 2.35. The molecule has 1 fully saturated rings. The first-order chi connectivity index (χ1) is 8.58. The lowest BCUT2D eigenvalue weighted by molar-refractivity contribution is -0.117. The Labute approximate surface area is 111 Å². The number of amides is 2. The molecule has 1 aromatic carbocycles. The summed E-state index contributed by atoms with van der Waals surface area (Å²) in [7, 11) is 0. The minimum absolute atomic E-state index is 0.129. The lowest BCUT2D eigenvalue weighted by Crippen LogP contribution is -2.24. The molecule has 1 N–H and O–H groups in total. The van der Waals surface area contributed by atoms with Crippen LogP contribution in [-0.4, -0.2) is 23.7 Å². The van der Waals surface area contributed by atoms with Gasteiger partial charge in [-0.2, -0.15) is 0 Å². The second-order valence-corrected chi connectivity index (χ2v) is 4.96. The molecule has 2 amide bonds. The standard InChI is InChI=1S/C13H15ClN2O2/c1-9(14)13(18)15-10-4-2-5-11(8-10)16-7-3-6-12(16)17/h2,4-5,8-9H,3,6-7H2,1H3,(H,15,18). The normalized spacial score (nSPS) is 16.8.